The zero-order valence-corrected chi connectivity index (χ0v) is 11.5. The van der Waals surface area contributed by atoms with Gasteiger partial charge in [-0.2, -0.15) is 5.10 Å². The number of rotatable bonds is 6. The minimum atomic E-state index is -0.984. The molecule has 2 heterocycles. The van der Waals surface area contributed by atoms with Crippen LogP contribution in [0.25, 0.3) is 5.65 Å². The number of aryl methyl sites for hydroxylation is 1. The smallest absolute Gasteiger partial charge is 0.303 e. The van der Waals surface area contributed by atoms with Crippen LogP contribution in [0.5, 0.6) is 0 Å². The van der Waals surface area contributed by atoms with Crippen molar-refractivity contribution >= 4 is 17.5 Å². The Morgan fingerprint density at radius 2 is 2.19 bits per heavy atom. The van der Waals surface area contributed by atoms with Crippen molar-refractivity contribution in [2.75, 3.05) is 6.54 Å². The van der Waals surface area contributed by atoms with E-state index < -0.39 is 18.0 Å². The Morgan fingerprint density at radius 3 is 2.90 bits per heavy atom. The van der Waals surface area contributed by atoms with E-state index in [9.17, 15) is 14.7 Å². The van der Waals surface area contributed by atoms with E-state index in [0.29, 0.717) is 11.2 Å². The predicted octanol–water partition coefficient (Wildman–Crippen LogP) is -0.00678. The highest BCUT2D eigenvalue weighted by Gasteiger charge is 2.15. The van der Waals surface area contributed by atoms with Crippen LogP contribution in [0, 0.1) is 6.92 Å². The highest BCUT2D eigenvalue weighted by molar-refractivity contribution is 5.99. The molecular weight excluding hydrogens is 276 g/mol. The largest absolute Gasteiger partial charge is 0.481 e. The number of carbonyl (C=O) groups is 2. The first kappa shape index (κ1) is 14.9. The molecule has 0 saturated carbocycles. The summed E-state index contributed by atoms with van der Waals surface area (Å²) in [5.41, 5.74) is 1.65. The Kier molecular flexibility index (Phi) is 4.49. The summed E-state index contributed by atoms with van der Waals surface area (Å²) in [4.78, 5) is 26.5. The number of nitrogens with zero attached hydrogens (tertiary/aromatic N) is 3. The normalized spacial score (nSPS) is 12.3. The minimum Gasteiger partial charge on any atom is -0.481 e. The van der Waals surface area contributed by atoms with Gasteiger partial charge in [-0.1, -0.05) is 0 Å². The molecule has 0 radical (unpaired) electrons. The summed E-state index contributed by atoms with van der Waals surface area (Å²) in [6, 6.07) is 0. The summed E-state index contributed by atoms with van der Waals surface area (Å²) < 4.78 is 1.51. The Bertz CT molecular complexity index is 667. The van der Waals surface area contributed by atoms with Crippen molar-refractivity contribution in [3.63, 3.8) is 0 Å². The van der Waals surface area contributed by atoms with Crippen molar-refractivity contribution in [3.8, 4) is 0 Å². The number of aromatic nitrogens is 3. The van der Waals surface area contributed by atoms with Gasteiger partial charge in [0.25, 0.3) is 5.91 Å². The van der Waals surface area contributed by atoms with Crippen LogP contribution in [0.2, 0.25) is 0 Å². The fourth-order valence-corrected chi connectivity index (χ4v) is 1.83. The number of aliphatic carboxylic acids is 1. The van der Waals surface area contributed by atoms with Crippen molar-refractivity contribution in [2.24, 2.45) is 0 Å². The minimum absolute atomic E-state index is 0.0185. The molecule has 0 fully saturated rings. The average Bonchev–Trinajstić information content (AvgIpc) is 2.85. The molecule has 0 spiro atoms. The molecule has 21 heavy (non-hydrogen) atoms. The van der Waals surface area contributed by atoms with Gasteiger partial charge in [0.1, 0.15) is 5.56 Å². The molecule has 8 nitrogen and oxygen atoms in total. The van der Waals surface area contributed by atoms with E-state index in [1.807, 2.05) is 6.92 Å². The van der Waals surface area contributed by atoms with Gasteiger partial charge in [0.2, 0.25) is 0 Å². The number of nitrogens with one attached hydrogen (secondary N) is 1. The van der Waals surface area contributed by atoms with Crippen molar-refractivity contribution in [1.82, 2.24) is 19.9 Å². The number of carboxylic acids is 1. The fourth-order valence-electron chi connectivity index (χ4n) is 1.83. The molecule has 3 N–H and O–H groups in total. The summed E-state index contributed by atoms with van der Waals surface area (Å²) in [5, 5.41) is 24.7. The lowest BCUT2D eigenvalue weighted by Gasteiger charge is -2.10. The predicted molar refractivity (Wildman–Crippen MR) is 72.9 cm³/mol. The molecule has 0 aliphatic rings. The van der Waals surface area contributed by atoms with Crippen LogP contribution < -0.4 is 5.32 Å². The van der Waals surface area contributed by atoms with Gasteiger partial charge in [-0.3, -0.25) is 9.59 Å². The lowest BCUT2D eigenvalue weighted by Crippen LogP contribution is -2.32. The molecule has 2 rings (SSSR count). The lowest BCUT2D eigenvalue weighted by molar-refractivity contribution is -0.137. The highest BCUT2D eigenvalue weighted by Crippen LogP contribution is 2.08. The van der Waals surface area contributed by atoms with Gasteiger partial charge in [0.05, 0.1) is 12.3 Å². The maximum atomic E-state index is 12.0. The van der Waals surface area contributed by atoms with Gasteiger partial charge < -0.3 is 15.5 Å². The number of fused-ring (bicyclic) bond motifs is 1. The maximum Gasteiger partial charge on any atom is 0.303 e. The first-order chi connectivity index (χ1) is 9.97. The van der Waals surface area contributed by atoms with E-state index in [2.05, 4.69) is 15.4 Å². The second kappa shape index (κ2) is 6.31. The van der Waals surface area contributed by atoms with Crippen LogP contribution in [0.15, 0.2) is 18.6 Å². The highest BCUT2D eigenvalue weighted by atomic mass is 16.4. The van der Waals surface area contributed by atoms with E-state index in [1.54, 1.807) is 12.4 Å². The zero-order chi connectivity index (χ0) is 15.4. The number of hydrogen-bond acceptors (Lipinski definition) is 5. The molecule has 0 bridgehead atoms. The van der Waals surface area contributed by atoms with E-state index in [0.717, 1.165) is 5.56 Å². The Labute approximate surface area is 120 Å². The van der Waals surface area contributed by atoms with Crippen molar-refractivity contribution in [1.29, 1.82) is 0 Å². The van der Waals surface area contributed by atoms with Crippen molar-refractivity contribution in [3.05, 3.63) is 29.7 Å². The topological polar surface area (TPSA) is 117 Å². The average molecular weight is 292 g/mol. The molecule has 2 aromatic rings. The van der Waals surface area contributed by atoms with Gasteiger partial charge in [0, 0.05) is 25.4 Å². The van der Waals surface area contributed by atoms with E-state index in [-0.39, 0.29) is 19.4 Å². The number of hydrogen-bond donors (Lipinski definition) is 3. The third kappa shape index (κ3) is 3.76. The van der Waals surface area contributed by atoms with Crippen LogP contribution in [0.3, 0.4) is 0 Å². The molecule has 0 saturated heterocycles. The molecule has 0 aromatic carbocycles. The van der Waals surface area contributed by atoms with Crippen LogP contribution in [-0.2, 0) is 4.79 Å². The van der Waals surface area contributed by atoms with E-state index >= 15 is 0 Å². The fraction of sp³-hybridized carbons (Fsp3) is 0.385. The second-order valence-corrected chi connectivity index (χ2v) is 4.75. The summed E-state index contributed by atoms with van der Waals surface area (Å²) >= 11 is 0. The Morgan fingerprint density at radius 1 is 1.43 bits per heavy atom. The standard InChI is InChI=1S/C13H16N4O4/c1-8-4-14-12-10(6-16-17(12)7-8)13(21)15-5-9(18)2-3-11(19)20/h4,6-7,9,18H,2-3,5H2,1H3,(H,15,21)(H,19,20). The zero-order valence-electron chi connectivity index (χ0n) is 11.5. The quantitative estimate of drug-likeness (QED) is 0.689. The molecule has 1 atom stereocenters. The van der Waals surface area contributed by atoms with Gasteiger partial charge in [-0.15, -0.1) is 0 Å². The van der Waals surface area contributed by atoms with Crippen molar-refractivity contribution < 1.29 is 19.8 Å². The third-order valence-electron chi connectivity index (χ3n) is 2.92. The first-order valence-corrected chi connectivity index (χ1v) is 6.45. The third-order valence-corrected chi connectivity index (χ3v) is 2.92. The van der Waals surface area contributed by atoms with Crippen LogP contribution in [-0.4, -0.2) is 49.3 Å². The monoisotopic (exact) mass is 292 g/mol. The van der Waals surface area contributed by atoms with Crippen LogP contribution >= 0.6 is 0 Å². The summed E-state index contributed by atoms with van der Waals surface area (Å²) in [5.74, 6) is -1.39. The first-order valence-electron chi connectivity index (χ1n) is 6.45. The molecule has 0 aliphatic carbocycles. The maximum absolute atomic E-state index is 12.0. The van der Waals surface area contributed by atoms with Crippen LogP contribution in [0.4, 0.5) is 0 Å². The summed E-state index contributed by atoms with van der Waals surface area (Å²) in [6.07, 6.45) is 3.83. The molecule has 1 unspecified atom stereocenters. The summed E-state index contributed by atoms with van der Waals surface area (Å²) in [6.45, 7) is 1.85. The van der Waals surface area contributed by atoms with E-state index in [4.69, 9.17) is 5.11 Å². The molecule has 8 heteroatoms. The number of aliphatic hydroxyl groups is 1. The number of carbonyl (C=O) groups excluding carboxylic acids is 1. The molecule has 112 valence electrons. The van der Waals surface area contributed by atoms with Gasteiger partial charge in [0.15, 0.2) is 5.65 Å². The van der Waals surface area contributed by atoms with Gasteiger partial charge in [-0.25, -0.2) is 9.50 Å². The Balaban J connectivity index is 1.98. The number of aliphatic hydroxyl groups excluding tert-OH is 1. The summed E-state index contributed by atoms with van der Waals surface area (Å²) in [7, 11) is 0. The van der Waals surface area contributed by atoms with Gasteiger partial charge >= 0.3 is 5.97 Å². The molecule has 2 aromatic heterocycles. The SMILES string of the molecule is Cc1cnc2c(C(=O)NCC(O)CCC(=O)O)cnn2c1. The number of amides is 1. The van der Waals surface area contributed by atoms with Crippen LogP contribution in [0.1, 0.15) is 28.8 Å². The Hall–Kier alpha value is -2.48. The van der Waals surface area contributed by atoms with E-state index in [1.165, 1.54) is 10.7 Å². The lowest BCUT2D eigenvalue weighted by atomic mass is 10.2. The van der Waals surface area contributed by atoms with Gasteiger partial charge in [-0.05, 0) is 18.9 Å². The molecule has 0 aliphatic heterocycles. The molecular formula is C13H16N4O4. The second-order valence-electron chi connectivity index (χ2n) is 4.75. The number of carboxylic acid groups (broad SMARTS) is 1. The van der Waals surface area contributed by atoms with Crippen molar-refractivity contribution in [2.45, 2.75) is 25.9 Å². The molecule has 1 amide bonds.